The van der Waals surface area contributed by atoms with Crippen molar-refractivity contribution in [2.75, 3.05) is 5.88 Å². The van der Waals surface area contributed by atoms with E-state index >= 15 is 0 Å². The minimum absolute atomic E-state index is 0.0571. The van der Waals surface area contributed by atoms with Crippen molar-refractivity contribution in [1.82, 2.24) is 5.32 Å². The second kappa shape index (κ2) is 5.54. The van der Waals surface area contributed by atoms with Gasteiger partial charge in [-0.2, -0.15) is 0 Å². The second-order valence-corrected chi connectivity index (χ2v) is 5.02. The van der Waals surface area contributed by atoms with Crippen LogP contribution < -0.4 is 5.32 Å². The lowest BCUT2D eigenvalue weighted by Crippen LogP contribution is -2.35. The van der Waals surface area contributed by atoms with Crippen LogP contribution in [0, 0.1) is 5.92 Å². The molecule has 2 nitrogen and oxygen atoms in total. The standard InChI is InChI=1S/C14H18ClNO/c1-10(9-15)14(17)16-13-8-4-6-11-5-2-3-7-12(11)13/h2-3,5,7,10,13H,4,6,8-9H2,1H3,(H,16,17). The van der Waals surface area contributed by atoms with Crippen molar-refractivity contribution >= 4 is 17.5 Å². The summed E-state index contributed by atoms with van der Waals surface area (Å²) >= 11 is 5.70. The minimum atomic E-state index is -0.120. The number of halogens is 1. The van der Waals surface area contributed by atoms with Crippen LogP contribution in [0.2, 0.25) is 0 Å². The summed E-state index contributed by atoms with van der Waals surface area (Å²) in [5.41, 5.74) is 2.64. The molecule has 2 rings (SSSR count). The molecule has 1 aromatic carbocycles. The van der Waals surface area contributed by atoms with Crippen LogP contribution in [0.4, 0.5) is 0 Å². The molecule has 0 saturated carbocycles. The number of hydrogen-bond acceptors (Lipinski definition) is 1. The fraction of sp³-hybridized carbons (Fsp3) is 0.500. The summed E-state index contributed by atoms with van der Waals surface area (Å²) in [6.07, 6.45) is 3.28. The first kappa shape index (κ1) is 12.4. The van der Waals surface area contributed by atoms with Gasteiger partial charge in [0.25, 0.3) is 0 Å². The molecular formula is C14H18ClNO. The molecule has 92 valence electrons. The lowest BCUT2D eigenvalue weighted by molar-refractivity contribution is -0.124. The molecule has 1 N–H and O–H groups in total. The SMILES string of the molecule is CC(CCl)C(=O)NC1CCCc2ccccc21. The van der Waals surface area contributed by atoms with E-state index in [0.717, 1.165) is 19.3 Å². The summed E-state index contributed by atoms with van der Waals surface area (Å²) in [5.74, 6) is 0.313. The molecule has 17 heavy (non-hydrogen) atoms. The molecule has 0 heterocycles. The van der Waals surface area contributed by atoms with Crippen molar-refractivity contribution in [2.45, 2.75) is 32.2 Å². The Labute approximate surface area is 107 Å². The van der Waals surface area contributed by atoms with E-state index in [0.29, 0.717) is 5.88 Å². The van der Waals surface area contributed by atoms with Crippen LogP contribution >= 0.6 is 11.6 Å². The third-order valence-corrected chi connectivity index (χ3v) is 3.83. The summed E-state index contributed by atoms with van der Waals surface area (Å²) in [7, 11) is 0. The van der Waals surface area contributed by atoms with Crippen LogP contribution in [-0.4, -0.2) is 11.8 Å². The van der Waals surface area contributed by atoms with Gasteiger partial charge in [0.2, 0.25) is 5.91 Å². The van der Waals surface area contributed by atoms with Gasteiger partial charge < -0.3 is 5.32 Å². The highest BCUT2D eigenvalue weighted by atomic mass is 35.5. The Morgan fingerprint density at radius 1 is 1.53 bits per heavy atom. The predicted molar refractivity (Wildman–Crippen MR) is 70.1 cm³/mol. The van der Waals surface area contributed by atoms with Crippen LogP contribution in [0.1, 0.15) is 36.9 Å². The maximum absolute atomic E-state index is 11.9. The van der Waals surface area contributed by atoms with Crippen molar-refractivity contribution in [1.29, 1.82) is 0 Å². The Kier molecular flexibility index (Phi) is 4.06. The zero-order valence-corrected chi connectivity index (χ0v) is 10.8. The van der Waals surface area contributed by atoms with Crippen LogP contribution in [0.3, 0.4) is 0 Å². The molecule has 1 aliphatic rings. The van der Waals surface area contributed by atoms with E-state index < -0.39 is 0 Å². The van der Waals surface area contributed by atoms with E-state index in [-0.39, 0.29) is 17.9 Å². The molecular weight excluding hydrogens is 234 g/mol. The van der Waals surface area contributed by atoms with Gasteiger partial charge in [0.05, 0.1) is 6.04 Å². The van der Waals surface area contributed by atoms with Gasteiger partial charge >= 0.3 is 0 Å². The second-order valence-electron chi connectivity index (χ2n) is 4.71. The summed E-state index contributed by atoms with van der Waals surface area (Å²) in [6, 6.07) is 8.53. The lowest BCUT2D eigenvalue weighted by atomic mass is 9.87. The molecule has 0 bridgehead atoms. The normalized spacial score (nSPS) is 20.5. The highest BCUT2D eigenvalue weighted by Crippen LogP contribution is 2.29. The highest BCUT2D eigenvalue weighted by Gasteiger charge is 2.22. The molecule has 1 aromatic rings. The third kappa shape index (κ3) is 2.81. The van der Waals surface area contributed by atoms with Gasteiger partial charge in [0.15, 0.2) is 0 Å². The Balaban J connectivity index is 2.11. The summed E-state index contributed by atoms with van der Waals surface area (Å²) < 4.78 is 0. The number of carbonyl (C=O) groups is 1. The Bertz CT molecular complexity index is 405. The average Bonchev–Trinajstić information content (AvgIpc) is 2.38. The number of aryl methyl sites for hydroxylation is 1. The van der Waals surface area contributed by atoms with E-state index in [4.69, 9.17) is 11.6 Å². The van der Waals surface area contributed by atoms with Gasteiger partial charge in [-0.3, -0.25) is 4.79 Å². The zero-order chi connectivity index (χ0) is 12.3. The first-order valence-corrected chi connectivity index (χ1v) is 6.70. The maximum atomic E-state index is 11.9. The lowest BCUT2D eigenvalue weighted by Gasteiger charge is -2.27. The fourth-order valence-corrected chi connectivity index (χ4v) is 2.43. The Morgan fingerprint density at radius 3 is 3.06 bits per heavy atom. The Morgan fingerprint density at radius 2 is 2.29 bits per heavy atom. The molecule has 0 fully saturated rings. The summed E-state index contributed by atoms with van der Waals surface area (Å²) in [6.45, 7) is 1.86. The molecule has 1 amide bonds. The van der Waals surface area contributed by atoms with Crippen LogP contribution in [-0.2, 0) is 11.2 Å². The molecule has 0 radical (unpaired) electrons. The predicted octanol–water partition coefficient (Wildman–Crippen LogP) is 3.06. The number of alkyl halides is 1. The van der Waals surface area contributed by atoms with Crippen molar-refractivity contribution in [2.24, 2.45) is 5.92 Å². The molecule has 2 unspecified atom stereocenters. The fourth-order valence-electron chi connectivity index (χ4n) is 2.29. The van der Waals surface area contributed by atoms with Crippen LogP contribution in [0.5, 0.6) is 0 Å². The molecule has 0 spiro atoms. The van der Waals surface area contributed by atoms with Gasteiger partial charge in [-0.05, 0) is 30.4 Å². The van der Waals surface area contributed by atoms with Crippen molar-refractivity contribution in [3.05, 3.63) is 35.4 Å². The number of benzene rings is 1. The monoisotopic (exact) mass is 251 g/mol. The molecule has 2 atom stereocenters. The topological polar surface area (TPSA) is 29.1 Å². The van der Waals surface area contributed by atoms with Crippen molar-refractivity contribution in [3.63, 3.8) is 0 Å². The molecule has 0 aliphatic heterocycles. The first-order valence-electron chi connectivity index (χ1n) is 6.16. The van der Waals surface area contributed by atoms with Crippen molar-refractivity contribution in [3.8, 4) is 0 Å². The number of amides is 1. The number of hydrogen-bond donors (Lipinski definition) is 1. The van der Waals surface area contributed by atoms with Gasteiger partial charge in [-0.15, -0.1) is 11.6 Å². The Hall–Kier alpha value is -1.02. The molecule has 0 aromatic heterocycles. The van der Waals surface area contributed by atoms with Crippen LogP contribution in [0.25, 0.3) is 0 Å². The summed E-state index contributed by atoms with van der Waals surface area (Å²) in [4.78, 5) is 11.9. The van der Waals surface area contributed by atoms with Gasteiger partial charge in [-0.1, -0.05) is 31.2 Å². The minimum Gasteiger partial charge on any atom is -0.349 e. The van der Waals surface area contributed by atoms with Gasteiger partial charge in [0, 0.05) is 11.8 Å². The molecule has 1 aliphatic carbocycles. The number of carbonyl (C=O) groups excluding carboxylic acids is 1. The summed E-state index contributed by atoms with van der Waals surface area (Å²) in [5, 5.41) is 3.10. The quantitative estimate of drug-likeness (QED) is 0.822. The zero-order valence-electron chi connectivity index (χ0n) is 10.1. The first-order chi connectivity index (χ1) is 8.22. The molecule has 0 saturated heterocycles. The highest BCUT2D eigenvalue weighted by molar-refractivity contribution is 6.19. The van der Waals surface area contributed by atoms with Crippen molar-refractivity contribution < 1.29 is 4.79 Å². The van der Waals surface area contributed by atoms with E-state index in [1.807, 2.05) is 13.0 Å². The number of rotatable bonds is 3. The molecule has 3 heteroatoms. The van der Waals surface area contributed by atoms with Crippen LogP contribution in [0.15, 0.2) is 24.3 Å². The van der Waals surface area contributed by atoms with E-state index in [9.17, 15) is 4.79 Å². The van der Waals surface area contributed by atoms with Gasteiger partial charge in [0.1, 0.15) is 0 Å². The number of fused-ring (bicyclic) bond motifs is 1. The van der Waals surface area contributed by atoms with Gasteiger partial charge in [-0.25, -0.2) is 0 Å². The number of nitrogens with one attached hydrogen (secondary N) is 1. The third-order valence-electron chi connectivity index (χ3n) is 3.36. The maximum Gasteiger partial charge on any atom is 0.224 e. The van der Waals surface area contributed by atoms with E-state index in [1.54, 1.807) is 0 Å². The average molecular weight is 252 g/mol. The largest absolute Gasteiger partial charge is 0.349 e. The van der Waals surface area contributed by atoms with E-state index in [1.165, 1.54) is 11.1 Å². The van der Waals surface area contributed by atoms with E-state index in [2.05, 4.69) is 23.5 Å². The smallest absolute Gasteiger partial charge is 0.224 e.